The second kappa shape index (κ2) is 4.97. The Morgan fingerprint density at radius 1 is 1.69 bits per heavy atom. The van der Waals surface area contributed by atoms with Crippen molar-refractivity contribution in [3.05, 3.63) is 22.4 Å². The minimum Gasteiger partial charge on any atom is -0.480 e. The summed E-state index contributed by atoms with van der Waals surface area (Å²) in [7, 11) is 0. The number of thiophene rings is 1. The van der Waals surface area contributed by atoms with E-state index in [1.165, 1.54) is 4.88 Å². The zero-order valence-corrected chi connectivity index (χ0v) is 10.2. The van der Waals surface area contributed by atoms with Crippen LogP contribution < -0.4 is 0 Å². The van der Waals surface area contributed by atoms with Gasteiger partial charge >= 0.3 is 5.97 Å². The Hall–Kier alpha value is -0.870. The minimum absolute atomic E-state index is 0.278. The van der Waals surface area contributed by atoms with E-state index in [9.17, 15) is 9.90 Å². The highest BCUT2D eigenvalue weighted by Crippen LogP contribution is 2.24. The van der Waals surface area contributed by atoms with Gasteiger partial charge in [-0.15, -0.1) is 11.3 Å². The van der Waals surface area contributed by atoms with Crippen LogP contribution in [-0.4, -0.2) is 35.1 Å². The maximum absolute atomic E-state index is 11.1. The fourth-order valence-electron chi connectivity index (χ4n) is 2.39. The van der Waals surface area contributed by atoms with Crippen molar-refractivity contribution in [1.29, 1.82) is 0 Å². The van der Waals surface area contributed by atoms with E-state index in [0.717, 1.165) is 25.9 Å². The summed E-state index contributed by atoms with van der Waals surface area (Å²) >= 11 is 1.74. The van der Waals surface area contributed by atoms with E-state index in [4.69, 9.17) is 0 Å². The minimum atomic E-state index is -0.670. The molecule has 1 aromatic heterocycles. The number of carboxylic acids is 1. The number of carbonyl (C=O) groups is 1. The van der Waals surface area contributed by atoms with Crippen LogP contribution in [0.5, 0.6) is 0 Å². The molecule has 0 saturated carbocycles. The van der Waals surface area contributed by atoms with Gasteiger partial charge in [0.2, 0.25) is 0 Å². The number of hydrogen-bond donors (Lipinski definition) is 1. The largest absolute Gasteiger partial charge is 0.480 e. The van der Waals surface area contributed by atoms with Crippen molar-refractivity contribution < 1.29 is 9.90 Å². The van der Waals surface area contributed by atoms with E-state index in [2.05, 4.69) is 16.3 Å². The van der Waals surface area contributed by atoms with Crippen LogP contribution in [0.3, 0.4) is 0 Å². The Balaban J connectivity index is 1.92. The first kappa shape index (κ1) is 11.6. The van der Waals surface area contributed by atoms with Crippen LogP contribution in [-0.2, 0) is 11.2 Å². The van der Waals surface area contributed by atoms with Crippen molar-refractivity contribution in [2.45, 2.75) is 25.8 Å². The van der Waals surface area contributed by atoms with E-state index in [-0.39, 0.29) is 12.0 Å². The predicted octanol–water partition coefficient (Wildman–Crippen LogP) is 2.09. The summed E-state index contributed by atoms with van der Waals surface area (Å²) in [6.07, 6.45) is 1.97. The van der Waals surface area contributed by atoms with Crippen LogP contribution in [0.1, 0.15) is 18.2 Å². The molecule has 0 bridgehead atoms. The third-order valence-corrected chi connectivity index (χ3v) is 4.22. The van der Waals surface area contributed by atoms with Gasteiger partial charge in [-0.05, 0) is 36.8 Å². The fraction of sp³-hybridized carbons (Fsp3) is 0.583. The molecule has 1 saturated heterocycles. The summed E-state index contributed by atoms with van der Waals surface area (Å²) in [5, 5.41) is 11.2. The Morgan fingerprint density at radius 2 is 2.50 bits per heavy atom. The van der Waals surface area contributed by atoms with Gasteiger partial charge in [0, 0.05) is 11.4 Å². The Labute approximate surface area is 99.7 Å². The van der Waals surface area contributed by atoms with Crippen molar-refractivity contribution >= 4 is 17.3 Å². The van der Waals surface area contributed by atoms with Crippen LogP contribution in [0.15, 0.2) is 17.5 Å². The molecule has 2 rings (SSSR count). The fourth-order valence-corrected chi connectivity index (χ4v) is 3.08. The molecule has 0 amide bonds. The molecule has 1 aliphatic heterocycles. The summed E-state index contributed by atoms with van der Waals surface area (Å²) in [6.45, 7) is 3.81. The lowest BCUT2D eigenvalue weighted by molar-refractivity contribution is -0.143. The van der Waals surface area contributed by atoms with Crippen molar-refractivity contribution in [1.82, 2.24) is 4.90 Å². The number of likely N-dealkylation sites (tertiary alicyclic amines) is 1. The Morgan fingerprint density at radius 3 is 3.12 bits per heavy atom. The topological polar surface area (TPSA) is 40.5 Å². The Bertz CT molecular complexity index is 350. The zero-order chi connectivity index (χ0) is 11.5. The molecule has 3 nitrogen and oxygen atoms in total. The quantitative estimate of drug-likeness (QED) is 0.874. The lowest BCUT2D eigenvalue weighted by Crippen LogP contribution is -2.39. The van der Waals surface area contributed by atoms with E-state index in [1.807, 2.05) is 13.0 Å². The Kier molecular flexibility index (Phi) is 3.61. The van der Waals surface area contributed by atoms with Gasteiger partial charge in [0.1, 0.15) is 6.04 Å². The molecule has 2 unspecified atom stereocenters. The number of hydrogen-bond acceptors (Lipinski definition) is 3. The van der Waals surface area contributed by atoms with Gasteiger partial charge < -0.3 is 5.11 Å². The maximum Gasteiger partial charge on any atom is 0.321 e. The molecule has 1 fully saturated rings. The van der Waals surface area contributed by atoms with Gasteiger partial charge in [-0.1, -0.05) is 13.0 Å². The number of carboxylic acid groups (broad SMARTS) is 1. The van der Waals surface area contributed by atoms with Gasteiger partial charge in [0.25, 0.3) is 0 Å². The average molecular weight is 239 g/mol. The summed E-state index contributed by atoms with van der Waals surface area (Å²) in [5.41, 5.74) is 0. The first-order valence-corrected chi connectivity index (χ1v) is 6.55. The lowest BCUT2D eigenvalue weighted by Gasteiger charge is -2.22. The molecule has 1 aromatic rings. The molecule has 2 atom stereocenters. The van der Waals surface area contributed by atoms with Crippen LogP contribution in [0, 0.1) is 5.92 Å². The van der Waals surface area contributed by atoms with Gasteiger partial charge in [-0.25, -0.2) is 0 Å². The summed E-state index contributed by atoms with van der Waals surface area (Å²) in [6, 6.07) is 3.88. The molecule has 1 N–H and O–H groups in total. The maximum atomic E-state index is 11.1. The first-order valence-electron chi connectivity index (χ1n) is 5.67. The van der Waals surface area contributed by atoms with Crippen molar-refractivity contribution in [2.24, 2.45) is 5.92 Å². The third kappa shape index (κ3) is 2.44. The molecule has 0 aliphatic carbocycles. The lowest BCUT2D eigenvalue weighted by atomic mass is 10.0. The van der Waals surface area contributed by atoms with Gasteiger partial charge in [-0.3, -0.25) is 9.69 Å². The average Bonchev–Trinajstić information content (AvgIpc) is 2.83. The zero-order valence-electron chi connectivity index (χ0n) is 9.43. The summed E-state index contributed by atoms with van der Waals surface area (Å²) in [5.74, 6) is -0.392. The predicted molar refractivity (Wildman–Crippen MR) is 64.8 cm³/mol. The normalized spacial score (nSPS) is 26.1. The summed E-state index contributed by atoms with van der Waals surface area (Å²) in [4.78, 5) is 14.6. The summed E-state index contributed by atoms with van der Waals surface area (Å²) < 4.78 is 0. The van der Waals surface area contributed by atoms with Gasteiger partial charge in [0.15, 0.2) is 0 Å². The van der Waals surface area contributed by atoms with E-state index in [0.29, 0.717) is 0 Å². The van der Waals surface area contributed by atoms with E-state index < -0.39 is 5.97 Å². The SMILES string of the molecule is CC1CCN(CCc2cccs2)C1C(=O)O. The van der Waals surface area contributed by atoms with Crippen LogP contribution in [0.2, 0.25) is 0 Å². The first-order chi connectivity index (χ1) is 7.68. The third-order valence-electron chi connectivity index (χ3n) is 3.28. The molecule has 2 heterocycles. The standard InChI is InChI=1S/C12H17NO2S/c1-9-4-6-13(11(9)12(14)15)7-5-10-3-2-8-16-10/h2-3,8-9,11H,4-7H2,1H3,(H,14,15). The van der Waals surface area contributed by atoms with E-state index >= 15 is 0 Å². The molecular weight excluding hydrogens is 222 g/mol. The van der Waals surface area contributed by atoms with E-state index in [1.54, 1.807) is 11.3 Å². The second-order valence-corrected chi connectivity index (χ2v) is 5.45. The highest BCUT2D eigenvalue weighted by molar-refractivity contribution is 7.09. The molecule has 1 aliphatic rings. The van der Waals surface area contributed by atoms with Gasteiger partial charge in [0.05, 0.1) is 0 Å². The van der Waals surface area contributed by atoms with Crippen molar-refractivity contribution in [2.75, 3.05) is 13.1 Å². The monoisotopic (exact) mass is 239 g/mol. The highest BCUT2D eigenvalue weighted by Gasteiger charge is 2.36. The second-order valence-electron chi connectivity index (χ2n) is 4.41. The van der Waals surface area contributed by atoms with Crippen LogP contribution in [0.25, 0.3) is 0 Å². The molecule has 88 valence electrons. The van der Waals surface area contributed by atoms with Crippen molar-refractivity contribution in [3.8, 4) is 0 Å². The number of aliphatic carboxylic acids is 1. The van der Waals surface area contributed by atoms with Crippen molar-refractivity contribution in [3.63, 3.8) is 0 Å². The van der Waals surface area contributed by atoms with Crippen LogP contribution in [0.4, 0.5) is 0 Å². The molecule has 4 heteroatoms. The number of rotatable bonds is 4. The van der Waals surface area contributed by atoms with Gasteiger partial charge in [-0.2, -0.15) is 0 Å². The molecule has 0 spiro atoms. The molecule has 16 heavy (non-hydrogen) atoms. The molecular formula is C12H17NO2S. The number of nitrogens with zero attached hydrogens (tertiary/aromatic N) is 1. The smallest absolute Gasteiger partial charge is 0.321 e. The molecule has 0 radical (unpaired) electrons. The highest BCUT2D eigenvalue weighted by atomic mass is 32.1. The van der Waals surface area contributed by atoms with Crippen LogP contribution >= 0.6 is 11.3 Å². The molecule has 0 aromatic carbocycles.